The van der Waals surface area contributed by atoms with Gasteiger partial charge in [-0.1, -0.05) is 0 Å². The summed E-state index contributed by atoms with van der Waals surface area (Å²) in [6, 6.07) is 0. The first-order chi connectivity index (χ1) is 2.83. The molecule has 0 radical (unpaired) electrons. The Kier molecular flexibility index (Phi) is 198. The van der Waals surface area contributed by atoms with Crippen molar-refractivity contribution in [1.82, 2.24) is 0 Å². The van der Waals surface area contributed by atoms with Crippen LogP contribution in [0, 0.1) is 0 Å². The number of aliphatic hydroxyl groups excluding tert-OH is 2. The second-order valence-corrected chi connectivity index (χ2v) is 0.632. The van der Waals surface area contributed by atoms with Crippen molar-refractivity contribution >= 4 is 0 Å². The summed E-state index contributed by atoms with van der Waals surface area (Å²) in [7, 11) is 0. The molecule has 0 rings (SSSR count). The van der Waals surface area contributed by atoms with E-state index in [9.17, 15) is 0 Å². The molecule has 0 atom stereocenters. The van der Waals surface area contributed by atoms with Crippen molar-refractivity contribution in [2.24, 2.45) is 0 Å². The Morgan fingerprint density at radius 1 is 0.800 bits per heavy atom. The van der Waals surface area contributed by atoms with E-state index in [4.69, 9.17) is 10.2 Å². The molecular weight excluding hydrogens is 229 g/mol. The summed E-state index contributed by atoms with van der Waals surface area (Å²) in [5.74, 6) is 0. The normalized spacial score (nSPS) is 3.60. The number of rotatable bonds is 0. The fourth-order valence-electron chi connectivity index (χ4n) is 0. The Bertz CT molecular complexity index is 21.2. The van der Waals surface area contributed by atoms with Crippen molar-refractivity contribution in [3.8, 4) is 0 Å². The van der Waals surface area contributed by atoms with Crippen LogP contribution in [0.3, 0.4) is 0 Å². The van der Waals surface area contributed by atoms with Crippen LogP contribution >= 0.6 is 0 Å². The zero-order chi connectivity index (χ0) is 5.41. The molecule has 0 aliphatic heterocycles. The molecule has 0 heterocycles. The van der Waals surface area contributed by atoms with Gasteiger partial charge < -0.3 is 35.0 Å². The van der Waals surface area contributed by atoms with Gasteiger partial charge in [-0.15, -0.1) is 0 Å². The molecule has 0 saturated carbocycles. The maximum Gasteiger partial charge on any atom is 1.00 e. The standard InChI is InChI=1S/2C2H6O.2ClH.2K/c2*1-2-3;;;;/h2*3H,2H2,1H3;2*1H;;/q;;;;2*+1/p-2. The van der Waals surface area contributed by atoms with Crippen molar-refractivity contribution in [3.63, 3.8) is 0 Å². The van der Waals surface area contributed by atoms with Gasteiger partial charge in [-0.05, 0) is 13.8 Å². The predicted molar refractivity (Wildman–Crippen MR) is 25.5 cm³/mol. The molecule has 0 fully saturated rings. The van der Waals surface area contributed by atoms with Crippen LogP contribution in [0.15, 0.2) is 0 Å². The monoisotopic (exact) mass is 240 g/mol. The summed E-state index contributed by atoms with van der Waals surface area (Å²) < 4.78 is 0. The van der Waals surface area contributed by atoms with E-state index in [1.807, 2.05) is 0 Å². The molecule has 0 bridgehead atoms. The molecule has 0 aromatic rings. The zero-order valence-corrected chi connectivity index (χ0v) is 14.8. The van der Waals surface area contributed by atoms with Gasteiger partial charge in [0, 0.05) is 13.2 Å². The molecule has 0 aliphatic rings. The third-order valence-electron chi connectivity index (χ3n) is 0. The quantitative estimate of drug-likeness (QED) is 0.414. The first-order valence-electron chi connectivity index (χ1n) is 2.05. The summed E-state index contributed by atoms with van der Waals surface area (Å²) in [5, 5.41) is 15.1. The van der Waals surface area contributed by atoms with E-state index < -0.39 is 0 Å². The molecule has 56 valence electrons. The van der Waals surface area contributed by atoms with Gasteiger partial charge in [0.2, 0.25) is 0 Å². The van der Waals surface area contributed by atoms with Gasteiger partial charge in [0.05, 0.1) is 0 Å². The second-order valence-electron chi connectivity index (χ2n) is 0.632. The van der Waals surface area contributed by atoms with E-state index in [1.165, 1.54) is 0 Å². The van der Waals surface area contributed by atoms with Crippen LogP contribution in [0.25, 0.3) is 0 Å². The smallest absolute Gasteiger partial charge is 1.00 e. The van der Waals surface area contributed by atoms with E-state index in [2.05, 4.69) is 0 Å². The third kappa shape index (κ3) is 96.0. The van der Waals surface area contributed by atoms with Gasteiger partial charge in [0.1, 0.15) is 0 Å². The SMILES string of the molecule is CCO.CCO.[Cl-].[Cl-].[K+].[K+]. The van der Waals surface area contributed by atoms with E-state index in [1.54, 1.807) is 13.8 Å². The Hall–Kier alpha value is 3.77. The molecule has 2 nitrogen and oxygen atoms in total. The van der Waals surface area contributed by atoms with Crippen LogP contribution in [0.2, 0.25) is 0 Å². The topological polar surface area (TPSA) is 40.5 Å². The van der Waals surface area contributed by atoms with E-state index in [0.717, 1.165) is 0 Å². The average Bonchev–Trinajstić information content (AvgIpc) is 1.39. The molecule has 0 amide bonds. The maximum absolute atomic E-state index is 7.57. The summed E-state index contributed by atoms with van der Waals surface area (Å²) in [4.78, 5) is 0. The molecule has 0 saturated heterocycles. The minimum absolute atomic E-state index is 0. The Morgan fingerprint density at radius 3 is 0.800 bits per heavy atom. The van der Waals surface area contributed by atoms with Gasteiger partial charge in [-0.2, -0.15) is 0 Å². The molecule has 6 heteroatoms. The van der Waals surface area contributed by atoms with Gasteiger partial charge in [-0.3, -0.25) is 0 Å². The Morgan fingerprint density at radius 2 is 0.800 bits per heavy atom. The van der Waals surface area contributed by atoms with Gasteiger partial charge >= 0.3 is 103 Å². The van der Waals surface area contributed by atoms with Crippen LogP contribution in [0.1, 0.15) is 13.8 Å². The molecule has 0 unspecified atom stereocenters. The van der Waals surface area contributed by atoms with Crippen LogP contribution in [0.5, 0.6) is 0 Å². The molecular formula is C4H12Cl2K2O2. The third-order valence-corrected chi connectivity index (χ3v) is 0. The van der Waals surface area contributed by atoms with Crippen molar-refractivity contribution in [1.29, 1.82) is 0 Å². The van der Waals surface area contributed by atoms with Crippen molar-refractivity contribution in [2.75, 3.05) is 13.2 Å². The minimum Gasteiger partial charge on any atom is -1.00 e. The summed E-state index contributed by atoms with van der Waals surface area (Å²) >= 11 is 0. The largest absolute Gasteiger partial charge is 1.00 e. The molecule has 10 heavy (non-hydrogen) atoms. The van der Waals surface area contributed by atoms with Crippen LogP contribution in [-0.4, -0.2) is 23.4 Å². The fourth-order valence-corrected chi connectivity index (χ4v) is 0. The summed E-state index contributed by atoms with van der Waals surface area (Å²) in [6.07, 6.45) is 0. The summed E-state index contributed by atoms with van der Waals surface area (Å²) in [6.45, 7) is 3.86. The average molecular weight is 241 g/mol. The fraction of sp³-hybridized carbons (Fsp3) is 1.00. The zero-order valence-electron chi connectivity index (χ0n) is 7.06. The van der Waals surface area contributed by atoms with Gasteiger partial charge in [0.25, 0.3) is 0 Å². The van der Waals surface area contributed by atoms with Crippen LogP contribution in [0.4, 0.5) is 0 Å². The maximum atomic E-state index is 7.57. The van der Waals surface area contributed by atoms with Crippen molar-refractivity contribution < 1.29 is 138 Å². The van der Waals surface area contributed by atoms with Crippen LogP contribution < -0.4 is 128 Å². The number of aliphatic hydroxyl groups is 2. The first kappa shape index (κ1) is 37.2. The van der Waals surface area contributed by atoms with Gasteiger partial charge in [0.15, 0.2) is 0 Å². The molecule has 0 spiro atoms. The number of hydrogen-bond acceptors (Lipinski definition) is 2. The van der Waals surface area contributed by atoms with E-state index >= 15 is 0 Å². The van der Waals surface area contributed by atoms with Crippen molar-refractivity contribution in [2.45, 2.75) is 13.8 Å². The van der Waals surface area contributed by atoms with Crippen molar-refractivity contribution in [3.05, 3.63) is 0 Å². The molecule has 0 aliphatic carbocycles. The van der Waals surface area contributed by atoms with E-state index in [-0.39, 0.29) is 141 Å². The van der Waals surface area contributed by atoms with Gasteiger partial charge in [-0.25, -0.2) is 0 Å². The predicted octanol–water partition coefficient (Wildman–Crippen LogP) is -12.0. The number of halogens is 2. The number of hydrogen-bond donors (Lipinski definition) is 2. The van der Waals surface area contributed by atoms with E-state index in [0.29, 0.717) is 0 Å². The van der Waals surface area contributed by atoms with Crippen LogP contribution in [-0.2, 0) is 0 Å². The minimum atomic E-state index is 0. The first-order valence-corrected chi connectivity index (χ1v) is 2.05. The summed E-state index contributed by atoms with van der Waals surface area (Å²) in [5.41, 5.74) is 0. The second kappa shape index (κ2) is 53.1. The Labute approximate surface area is 161 Å². The molecule has 0 aromatic carbocycles. The molecule has 0 aromatic heterocycles. The Balaban J connectivity index is -0.00000000571. The molecule has 2 N–H and O–H groups in total.